The van der Waals surface area contributed by atoms with E-state index >= 15 is 0 Å². The summed E-state index contributed by atoms with van der Waals surface area (Å²) in [5.41, 5.74) is 1.46. The molecule has 0 unspecified atom stereocenters. The number of hydrogen-bond donors (Lipinski definition) is 0. The van der Waals surface area contributed by atoms with Crippen LogP contribution < -0.4 is 0 Å². The Balaban J connectivity index is 2.57. The molecule has 0 amide bonds. The third-order valence-corrected chi connectivity index (χ3v) is 3.33. The second-order valence-corrected chi connectivity index (χ2v) is 4.40. The maximum atomic E-state index is 3.46. The molecule has 1 aromatic heterocycles. The van der Waals surface area contributed by atoms with E-state index in [1.807, 2.05) is 11.3 Å². The van der Waals surface area contributed by atoms with Crippen molar-refractivity contribution >= 4 is 37.4 Å². The van der Waals surface area contributed by atoms with Crippen molar-refractivity contribution in [2.45, 2.75) is 6.42 Å². The number of halogens is 1. The van der Waals surface area contributed by atoms with Crippen molar-refractivity contribution in [1.82, 2.24) is 0 Å². The number of fused-ring (bicyclic) bond motifs is 1. The van der Waals surface area contributed by atoms with Gasteiger partial charge in [0.1, 0.15) is 0 Å². The molecule has 2 rings (SSSR count). The van der Waals surface area contributed by atoms with E-state index in [0.717, 1.165) is 11.8 Å². The molecule has 0 aliphatic heterocycles. The Labute approximate surface area is 84.4 Å². The van der Waals surface area contributed by atoms with Crippen LogP contribution in [-0.4, -0.2) is 5.33 Å². The lowest BCUT2D eigenvalue weighted by Crippen LogP contribution is -1.84. The third-order valence-electron chi connectivity index (χ3n) is 1.92. The summed E-state index contributed by atoms with van der Waals surface area (Å²) in [4.78, 5) is 0. The van der Waals surface area contributed by atoms with E-state index in [1.165, 1.54) is 15.6 Å². The molecule has 2 heteroatoms. The van der Waals surface area contributed by atoms with E-state index in [1.54, 1.807) is 0 Å². The number of alkyl halides is 1. The first-order valence-corrected chi connectivity index (χ1v) is 5.93. The van der Waals surface area contributed by atoms with Gasteiger partial charge >= 0.3 is 0 Å². The molecule has 62 valence electrons. The zero-order chi connectivity index (χ0) is 8.39. The Kier molecular flexibility index (Phi) is 2.47. The fraction of sp³-hybridized carbons (Fsp3) is 0.200. The zero-order valence-corrected chi connectivity index (χ0v) is 8.99. The molecule has 0 bridgehead atoms. The van der Waals surface area contributed by atoms with Crippen LogP contribution in [0.2, 0.25) is 0 Å². The Morgan fingerprint density at radius 3 is 3.00 bits per heavy atom. The SMILES string of the molecule is BrCCc1cccc2ccsc12. The standard InChI is InChI=1S/C10H9BrS/c11-6-4-8-2-1-3-9-5-7-12-10(8)9/h1-3,5,7H,4,6H2. The van der Waals surface area contributed by atoms with Crippen molar-refractivity contribution < 1.29 is 0 Å². The highest BCUT2D eigenvalue weighted by Gasteiger charge is 1.99. The van der Waals surface area contributed by atoms with E-state index < -0.39 is 0 Å². The molecule has 0 saturated heterocycles. The van der Waals surface area contributed by atoms with Crippen LogP contribution in [-0.2, 0) is 6.42 Å². The summed E-state index contributed by atoms with van der Waals surface area (Å²) in [6.45, 7) is 0. The molecule has 0 nitrogen and oxygen atoms in total. The second kappa shape index (κ2) is 3.58. The first kappa shape index (κ1) is 8.27. The summed E-state index contributed by atoms with van der Waals surface area (Å²) in [5, 5.41) is 4.57. The van der Waals surface area contributed by atoms with Crippen LogP contribution in [0.5, 0.6) is 0 Å². The number of thiophene rings is 1. The van der Waals surface area contributed by atoms with E-state index in [0.29, 0.717) is 0 Å². The van der Waals surface area contributed by atoms with Gasteiger partial charge in [0.2, 0.25) is 0 Å². The molecule has 0 aliphatic rings. The molecule has 0 fully saturated rings. The Bertz CT molecular complexity index is 378. The van der Waals surface area contributed by atoms with E-state index in [-0.39, 0.29) is 0 Å². The lowest BCUT2D eigenvalue weighted by Gasteiger charge is -1.98. The van der Waals surface area contributed by atoms with Gasteiger partial charge in [-0.05, 0) is 28.8 Å². The van der Waals surface area contributed by atoms with Gasteiger partial charge in [0.05, 0.1) is 0 Å². The minimum Gasteiger partial charge on any atom is -0.144 e. The summed E-state index contributed by atoms with van der Waals surface area (Å²) >= 11 is 5.30. The monoisotopic (exact) mass is 240 g/mol. The average molecular weight is 241 g/mol. The number of aryl methyl sites for hydroxylation is 1. The normalized spacial score (nSPS) is 10.8. The number of benzene rings is 1. The van der Waals surface area contributed by atoms with Crippen LogP contribution in [0.4, 0.5) is 0 Å². The topological polar surface area (TPSA) is 0 Å². The quantitative estimate of drug-likeness (QED) is 0.701. The summed E-state index contributed by atoms with van der Waals surface area (Å²) in [7, 11) is 0. The van der Waals surface area contributed by atoms with Crippen LogP contribution in [0.3, 0.4) is 0 Å². The summed E-state index contributed by atoms with van der Waals surface area (Å²) in [6.07, 6.45) is 1.12. The van der Waals surface area contributed by atoms with Crippen molar-refractivity contribution in [3.05, 3.63) is 35.2 Å². The fourth-order valence-corrected chi connectivity index (χ4v) is 2.73. The highest BCUT2D eigenvalue weighted by atomic mass is 79.9. The molecule has 1 aromatic carbocycles. The van der Waals surface area contributed by atoms with Crippen molar-refractivity contribution in [3.8, 4) is 0 Å². The minimum absolute atomic E-state index is 1.05. The first-order valence-electron chi connectivity index (χ1n) is 3.93. The van der Waals surface area contributed by atoms with Crippen molar-refractivity contribution in [1.29, 1.82) is 0 Å². The predicted molar refractivity (Wildman–Crippen MR) is 59.3 cm³/mol. The van der Waals surface area contributed by atoms with E-state index in [4.69, 9.17) is 0 Å². The number of hydrogen-bond acceptors (Lipinski definition) is 1. The van der Waals surface area contributed by atoms with Crippen molar-refractivity contribution in [3.63, 3.8) is 0 Å². The summed E-state index contributed by atoms with van der Waals surface area (Å²) < 4.78 is 1.44. The van der Waals surface area contributed by atoms with Gasteiger partial charge in [0.15, 0.2) is 0 Å². The van der Waals surface area contributed by atoms with Crippen LogP contribution in [0.25, 0.3) is 10.1 Å². The lowest BCUT2D eigenvalue weighted by atomic mass is 10.1. The smallest absolute Gasteiger partial charge is 0.0375 e. The largest absolute Gasteiger partial charge is 0.144 e. The highest BCUT2D eigenvalue weighted by molar-refractivity contribution is 9.09. The van der Waals surface area contributed by atoms with Crippen LogP contribution in [0.1, 0.15) is 5.56 Å². The minimum atomic E-state index is 1.05. The maximum Gasteiger partial charge on any atom is 0.0375 e. The third kappa shape index (κ3) is 1.41. The summed E-state index contributed by atoms with van der Waals surface area (Å²) in [6, 6.07) is 8.69. The van der Waals surface area contributed by atoms with Gasteiger partial charge < -0.3 is 0 Å². The molecule has 0 N–H and O–H groups in total. The molecule has 0 spiro atoms. The first-order chi connectivity index (χ1) is 5.92. The van der Waals surface area contributed by atoms with Gasteiger partial charge in [-0.3, -0.25) is 0 Å². The van der Waals surface area contributed by atoms with Gasteiger partial charge in [0, 0.05) is 10.0 Å². The van der Waals surface area contributed by atoms with Gasteiger partial charge in [0.25, 0.3) is 0 Å². The van der Waals surface area contributed by atoms with Crippen LogP contribution in [0, 0.1) is 0 Å². The number of rotatable bonds is 2. The van der Waals surface area contributed by atoms with E-state index in [2.05, 4.69) is 45.6 Å². The molecular weight excluding hydrogens is 232 g/mol. The maximum absolute atomic E-state index is 3.46. The van der Waals surface area contributed by atoms with Gasteiger partial charge in [-0.15, -0.1) is 11.3 Å². The molecular formula is C10H9BrS. The van der Waals surface area contributed by atoms with Crippen molar-refractivity contribution in [2.75, 3.05) is 5.33 Å². The average Bonchev–Trinajstić information content (AvgIpc) is 2.53. The van der Waals surface area contributed by atoms with Crippen molar-refractivity contribution in [2.24, 2.45) is 0 Å². The molecule has 0 aliphatic carbocycles. The van der Waals surface area contributed by atoms with Gasteiger partial charge in [-0.25, -0.2) is 0 Å². The summed E-state index contributed by atoms with van der Waals surface area (Å²) in [5.74, 6) is 0. The predicted octanol–water partition coefficient (Wildman–Crippen LogP) is 3.84. The molecule has 0 atom stereocenters. The molecule has 1 heterocycles. The highest BCUT2D eigenvalue weighted by Crippen LogP contribution is 2.25. The molecule has 0 saturated carbocycles. The molecule has 2 aromatic rings. The zero-order valence-electron chi connectivity index (χ0n) is 6.59. The molecule has 12 heavy (non-hydrogen) atoms. The Morgan fingerprint density at radius 1 is 1.25 bits per heavy atom. The Morgan fingerprint density at radius 2 is 2.17 bits per heavy atom. The van der Waals surface area contributed by atoms with Gasteiger partial charge in [-0.2, -0.15) is 0 Å². The Hall–Kier alpha value is -0.340. The van der Waals surface area contributed by atoms with Crippen LogP contribution in [0.15, 0.2) is 29.6 Å². The van der Waals surface area contributed by atoms with E-state index in [9.17, 15) is 0 Å². The second-order valence-electron chi connectivity index (χ2n) is 2.70. The fourth-order valence-electron chi connectivity index (χ4n) is 1.35. The molecule has 0 radical (unpaired) electrons. The van der Waals surface area contributed by atoms with Crippen LogP contribution >= 0.6 is 27.3 Å². The van der Waals surface area contributed by atoms with Gasteiger partial charge in [-0.1, -0.05) is 34.1 Å². The lowest BCUT2D eigenvalue weighted by molar-refractivity contribution is 1.20.